The summed E-state index contributed by atoms with van der Waals surface area (Å²) >= 11 is 0. The Labute approximate surface area is 168 Å². The van der Waals surface area contributed by atoms with Crippen LogP contribution in [0.3, 0.4) is 0 Å². The summed E-state index contributed by atoms with van der Waals surface area (Å²) in [6.07, 6.45) is 8.99. The van der Waals surface area contributed by atoms with Crippen molar-refractivity contribution < 1.29 is 51.0 Å². The van der Waals surface area contributed by atoms with Crippen molar-refractivity contribution in [2.45, 2.75) is 18.8 Å². The topological polar surface area (TPSA) is 15.8 Å². The number of benzene rings is 2. The summed E-state index contributed by atoms with van der Waals surface area (Å²) in [4.78, 5) is 2.99. The van der Waals surface area contributed by atoms with Crippen LogP contribution in [0.4, 0.5) is 0 Å². The smallest absolute Gasteiger partial charge is 1.00 e. The Morgan fingerprint density at radius 2 is 1.70 bits per heavy atom. The number of rotatable bonds is 0. The molecule has 2 aromatic carbocycles. The van der Waals surface area contributed by atoms with E-state index in [-0.39, 0.29) is 51.0 Å². The third kappa shape index (κ3) is 3.99. The Morgan fingerprint density at radius 3 is 2.43 bits per heavy atom. The van der Waals surface area contributed by atoms with Gasteiger partial charge in [0.1, 0.15) is 0 Å². The number of nitrogens with one attached hydrogen (secondary N) is 1. The number of H-pyrrole nitrogens is 1. The van der Waals surface area contributed by atoms with Gasteiger partial charge in [-0.25, -0.2) is 0 Å². The molecule has 0 radical (unpaired) electrons. The molecule has 0 saturated heterocycles. The molecule has 0 amide bonds. The molecular weight excluding hydrogens is 404 g/mol. The summed E-state index contributed by atoms with van der Waals surface area (Å²) in [7, 11) is 0. The molecule has 1 heterocycles. The molecule has 1 nitrogen and oxygen atoms in total. The van der Waals surface area contributed by atoms with Gasteiger partial charge >= 0.3 is 26.2 Å². The van der Waals surface area contributed by atoms with Crippen LogP contribution in [-0.2, 0) is 26.2 Å². The second-order valence-electron chi connectivity index (χ2n) is 5.33. The molecule has 3 aromatic rings. The monoisotopic (exact) mass is 417 g/mol. The Balaban J connectivity index is 0.000000207. The molecule has 0 bridgehead atoms. The van der Waals surface area contributed by atoms with Gasteiger partial charge in [0.15, 0.2) is 0 Å². The van der Waals surface area contributed by atoms with Gasteiger partial charge in [-0.15, -0.1) is 47.1 Å². The standard InChI is InChI=1S/C11H9.C8H6N.2ClH.Zr/c1-2-4-10-8(3-1)7-9-5-6-11(9)10;1-2-4-8-7(3-1)5-6-9-8;;;/h1-4,11H,5-6H2;1-5,9H;2*1H;/q2*-1;;;+4/p-2. The summed E-state index contributed by atoms with van der Waals surface area (Å²) in [6, 6.07) is 18.7. The second-order valence-corrected chi connectivity index (χ2v) is 5.33. The predicted octanol–water partition coefficient (Wildman–Crippen LogP) is -1.37. The summed E-state index contributed by atoms with van der Waals surface area (Å²) in [5.74, 6) is 0.756. The summed E-state index contributed by atoms with van der Waals surface area (Å²) in [5.41, 5.74) is 5.53. The van der Waals surface area contributed by atoms with Gasteiger partial charge in [-0.2, -0.15) is 29.2 Å². The van der Waals surface area contributed by atoms with Crippen LogP contribution in [0.1, 0.15) is 29.9 Å². The third-order valence-corrected chi connectivity index (χ3v) is 4.15. The van der Waals surface area contributed by atoms with E-state index in [0.29, 0.717) is 0 Å². The van der Waals surface area contributed by atoms with Crippen molar-refractivity contribution in [3.05, 3.63) is 83.6 Å². The number of para-hydroxylation sites is 1. The van der Waals surface area contributed by atoms with Gasteiger partial charge in [-0.3, -0.25) is 0 Å². The number of hydrogen-bond acceptors (Lipinski definition) is 0. The quantitative estimate of drug-likeness (QED) is 0.433. The zero-order chi connectivity index (χ0) is 13.4. The molecule has 0 aliphatic heterocycles. The van der Waals surface area contributed by atoms with Gasteiger partial charge in [0.05, 0.1) is 0 Å². The molecule has 1 fully saturated rings. The number of fused-ring (bicyclic) bond motifs is 4. The first-order valence-electron chi connectivity index (χ1n) is 7.07. The molecule has 1 atom stereocenters. The van der Waals surface area contributed by atoms with E-state index in [0.717, 1.165) is 11.4 Å². The number of hydrogen-bond donors (Lipinski definition) is 1. The molecule has 4 heteroatoms. The zero-order valence-corrected chi connectivity index (χ0v) is 16.4. The van der Waals surface area contributed by atoms with E-state index in [2.05, 4.69) is 47.6 Å². The first kappa shape index (κ1) is 20.2. The van der Waals surface area contributed by atoms with E-state index in [9.17, 15) is 0 Å². The van der Waals surface area contributed by atoms with Gasteiger partial charge in [-0.05, 0) is 6.42 Å². The van der Waals surface area contributed by atoms with E-state index >= 15 is 0 Å². The van der Waals surface area contributed by atoms with E-state index in [1.807, 2.05) is 24.3 Å². The van der Waals surface area contributed by atoms with Crippen LogP contribution in [0.2, 0.25) is 0 Å². The van der Waals surface area contributed by atoms with Crippen molar-refractivity contribution in [3.8, 4) is 0 Å². The van der Waals surface area contributed by atoms with E-state index in [1.165, 1.54) is 34.9 Å². The van der Waals surface area contributed by atoms with Gasteiger partial charge in [0, 0.05) is 0 Å². The van der Waals surface area contributed by atoms with Crippen LogP contribution in [-0.4, -0.2) is 4.98 Å². The van der Waals surface area contributed by atoms with Crippen LogP contribution in [0, 0.1) is 12.3 Å². The summed E-state index contributed by atoms with van der Waals surface area (Å²) in [6.45, 7) is 0. The van der Waals surface area contributed by atoms with Gasteiger partial charge in [0.2, 0.25) is 0 Å². The molecule has 23 heavy (non-hydrogen) atoms. The van der Waals surface area contributed by atoms with E-state index in [1.54, 1.807) is 0 Å². The molecule has 0 spiro atoms. The van der Waals surface area contributed by atoms with Crippen molar-refractivity contribution in [1.82, 2.24) is 4.98 Å². The Kier molecular flexibility index (Phi) is 7.80. The number of aromatic nitrogens is 1. The van der Waals surface area contributed by atoms with Gasteiger partial charge in [0.25, 0.3) is 0 Å². The first-order valence-corrected chi connectivity index (χ1v) is 7.07. The maximum atomic E-state index is 3.45. The number of halogens is 2. The normalized spacial score (nSPS) is 16.0. The molecule has 1 unspecified atom stereocenters. The second kappa shape index (κ2) is 8.87. The predicted molar refractivity (Wildman–Crippen MR) is 81.4 cm³/mol. The molecule has 1 aromatic heterocycles. The number of allylic oxidation sites excluding steroid dienone is 1. The molecule has 1 N–H and O–H groups in total. The average molecular weight is 419 g/mol. The van der Waals surface area contributed by atoms with Crippen LogP contribution >= 0.6 is 0 Å². The maximum absolute atomic E-state index is 3.45. The van der Waals surface area contributed by atoms with E-state index < -0.39 is 0 Å². The maximum Gasteiger partial charge on any atom is 4.00 e. The van der Waals surface area contributed by atoms with Crippen molar-refractivity contribution >= 4 is 10.9 Å². The van der Waals surface area contributed by atoms with Gasteiger partial charge < -0.3 is 29.8 Å². The van der Waals surface area contributed by atoms with Gasteiger partial charge in [-0.1, -0.05) is 30.5 Å². The Bertz CT molecular complexity index is 764. The van der Waals surface area contributed by atoms with Crippen molar-refractivity contribution in [2.24, 2.45) is 0 Å². The van der Waals surface area contributed by atoms with Crippen LogP contribution in [0.15, 0.2) is 60.2 Å². The molecule has 5 rings (SSSR count). The largest absolute Gasteiger partial charge is 4.00 e. The van der Waals surface area contributed by atoms with Crippen molar-refractivity contribution in [3.63, 3.8) is 0 Å². The number of aromatic amines is 1. The minimum atomic E-state index is 0. The minimum absolute atomic E-state index is 0. The Morgan fingerprint density at radius 1 is 0.957 bits per heavy atom. The fourth-order valence-corrected chi connectivity index (χ4v) is 2.94. The summed E-state index contributed by atoms with van der Waals surface area (Å²) in [5, 5.41) is 1.22. The van der Waals surface area contributed by atoms with Crippen LogP contribution in [0.5, 0.6) is 0 Å². The Hall–Kier alpha value is -0.817. The molecule has 2 aliphatic rings. The minimum Gasteiger partial charge on any atom is -1.00 e. The molecular formula is C19H15Cl2NZr. The fraction of sp³-hybridized carbons (Fsp3) is 0.158. The first-order chi connectivity index (χ1) is 9.92. The third-order valence-electron chi connectivity index (χ3n) is 4.15. The van der Waals surface area contributed by atoms with E-state index in [4.69, 9.17) is 0 Å². The molecule has 1 saturated carbocycles. The van der Waals surface area contributed by atoms with Crippen LogP contribution < -0.4 is 24.8 Å². The fourth-order valence-electron chi connectivity index (χ4n) is 2.94. The average Bonchev–Trinajstić information content (AvgIpc) is 3.02. The zero-order valence-electron chi connectivity index (χ0n) is 12.4. The van der Waals surface area contributed by atoms with Crippen molar-refractivity contribution in [1.29, 1.82) is 0 Å². The summed E-state index contributed by atoms with van der Waals surface area (Å²) < 4.78 is 0. The molecule has 114 valence electrons. The van der Waals surface area contributed by atoms with Crippen molar-refractivity contribution in [2.75, 3.05) is 0 Å². The van der Waals surface area contributed by atoms with Crippen LogP contribution in [0.25, 0.3) is 10.9 Å². The SMILES string of the molecule is [C-]1=C2CCC2c2ccccc21.[Cl-].[Cl-].[Zr+4].[c-]1cc2ccccc2[nH]1. The molecule has 2 aliphatic carbocycles.